The van der Waals surface area contributed by atoms with Crippen molar-refractivity contribution in [3.8, 4) is 11.1 Å². The molecule has 0 saturated heterocycles. The van der Waals surface area contributed by atoms with Crippen LogP contribution in [0.5, 0.6) is 0 Å². The molecule has 0 radical (unpaired) electrons. The molecule has 3 N–H and O–H groups in total. The number of rotatable bonds is 6. The van der Waals surface area contributed by atoms with Crippen molar-refractivity contribution < 1.29 is 24.2 Å². The van der Waals surface area contributed by atoms with Gasteiger partial charge in [-0.3, -0.25) is 9.59 Å². The van der Waals surface area contributed by atoms with Crippen LogP contribution in [0.3, 0.4) is 0 Å². The summed E-state index contributed by atoms with van der Waals surface area (Å²) in [6.07, 6.45) is -0.729. The number of aliphatic carboxylic acids is 1. The first-order chi connectivity index (χ1) is 13.4. The van der Waals surface area contributed by atoms with Crippen molar-refractivity contribution in [1.82, 2.24) is 10.6 Å². The third-order valence-corrected chi connectivity index (χ3v) is 4.80. The van der Waals surface area contributed by atoms with Gasteiger partial charge in [-0.15, -0.1) is 0 Å². The maximum atomic E-state index is 12.1. The molecule has 2 unspecified atom stereocenters. The summed E-state index contributed by atoms with van der Waals surface area (Å²) in [6.45, 7) is 2.95. The number of hydrogen-bond acceptors (Lipinski definition) is 4. The highest BCUT2D eigenvalue weighted by Crippen LogP contribution is 2.44. The molecule has 0 fully saturated rings. The van der Waals surface area contributed by atoms with Crippen LogP contribution >= 0.6 is 0 Å². The molecule has 0 spiro atoms. The van der Waals surface area contributed by atoms with Crippen molar-refractivity contribution in [3.05, 3.63) is 59.7 Å². The van der Waals surface area contributed by atoms with Crippen molar-refractivity contribution in [2.45, 2.75) is 31.8 Å². The molecule has 0 heterocycles. The van der Waals surface area contributed by atoms with E-state index in [-0.39, 0.29) is 12.5 Å². The second-order valence-corrected chi connectivity index (χ2v) is 6.76. The molecule has 3 rings (SSSR count). The lowest BCUT2D eigenvalue weighted by Crippen LogP contribution is -2.49. The second-order valence-electron chi connectivity index (χ2n) is 6.76. The zero-order chi connectivity index (χ0) is 20.3. The molecule has 2 amide bonds. The Labute approximate surface area is 162 Å². The number of benzene rings is 2. The van der Waals surface area contributed by atoms with Gasteiger partial charge in [0.05, 0.1) is 0 Å². The number of nitrogens with one attached hydrogen (secondary N) is 2. The lowest BCUT2D eigenvalue weighted by Gasteiger charge is -2.18. The van der Waals surface area contributed by atoms with Crippen molar-refractivity contribution >= 4 is 18.0 Å². The molecule has 146 valence electrons. The fourth-order valence-electron chi connectivity index (χ4n) is 3.28. The van der Waals surface area contributed by atoms with Gasteiger partial charge >= 0.3 is 12.1 Å². The molecular weight excluding hydrogens is 360 g/mol. The first-order valence-electron chi connectivity index (χ1n) is 9.03. The summed E-state index contributed by atoms with van der Waals surface area (Å²) >= 11 is 0. The third-order valence-electron chi connectivity index (χ3n) is 4.80. The fourth-order valence-corrected chi connectivity index (χ4v) is 3.28. The normalized spacial score (nSPS) is 14.4. The van der Waals surface area contributed by atoms with E-state index >= 15 is 0 Å². The van der Waals surface area contributed by atoms with Gasteiger partial charge in [0.25, 0.3) is 0 Å². The zero-order valence-electron chi connectivity index (χ0n) is 15.6. The van der Waals surface area contributed by atoms with E-state index in [1.807, 2.05) is 48.5 Å². The topological polar surface area (TPSA) is 105 Å². The van der Waals surface area contributed by atoms with E-state index in [1.54, 1.807) is 0 Å². The van der Waals surface area contributed by atoms with Crippen LogP contribution in [0.15, 0.2) is 48.5 Å². The summed E-state index contributed by atoms with van der Waals surface area (Å²) in [4.78, 5) is 34.9. The van der Waals surface area contributed by atoms with E-state index in [0.29, 0.717) is 0 Å². The van der Waals surface area contributed by atoms with Crippen molar-refractivity contribution in [2.75, 3.05) is 6.61 Å². The highest BCUT2D eigenvalue weighted by atomic mass is 16.5. The van der Waals surface area contributed by atoms with Crippen molar-refractivity contribution in [1.29, 1.82) is 0 Å². The Balaban J connectivity index is 1.61. The van der Waals surface area contributed by atoms with E-state index in [0.717, 1.165) is 22.3 Å². The molecule has 0 aliphatic heterocycles. The van der Waals surface area contributed by atoms with Crippen LogP contribution in [0.25, 0.3) is 11.1 Å². The Morgan fingerprint density at radius 2 is 1.46 bits per heavy atom. The smallest absolute Gasteiger partial charge is 0.407 e. The highest BCUT2D eigenvalue weighted by molar-refractivity contribution is 5.88. The molecule has 2 atom stereocenters. The summed E-state index contributed by atoms with van der Waals surface area (Å²) < 4.78 is 5.37. The molecule has 1 aliphatic carbocycles. The number of carboxylic acid groups (broad SMARTS) is 1. The Bertz CT molecular complexity index is 866. The average Bonchev–Trinajstić information content (AvgIpc) is 3.00. The second kappa shape index (κ2) is 8.12. The summed E-state index contributed by atoms with van der Waals surface area (Å²) in [6, 6.07) is 14.0. The Kier molecular flexibility index (Phi) is 5.63. The van der Waals surface area contributed by atoms with E-state index in [9.17, 15) is 14.4 Å². The average molecular weight is 382 g/mol. The van der Waals surface area contributed by atoms with E-state index in [1.165, 1.54) is 13.8 Å². The molecule has 28 heavy (non-hydrogen) atoms. The number of fused-ring (bicyclic) bond motifs is 3. The van der Waals surface area contributed by atoms with Crippen LogP contribution in [0.2, 0.25) is 0 Å². The number of carbonyl (C=O) groups excluding carboxylic acids is 2. The van der Waals surface area contributed by atoms with Crippen LogP contribution < -0.4 is 10.6 Å². The largest absolute Gasteiger partial charge is 0.480 e. The molecule has 2 aromatic rings. The quantitative estimate of drug-likeness (QED) is 0.712. The summed E-state index contributed by atoms with van der Waals surface area (Å²) in [5.74, 6) is -1.82. The van der Waals surface area contributed by atoms with Crippen LogP contribution in [0.1, 0.15) is 30.9 Å². The SMILES string of the molecule is CC(NC(=O)C(C)NC(=O)OCC1c2ccccc2-c2ccccc21)C(=O)O. The number of amides is 2. The van der Waals surface area contributed by atoms with Gasteiger partial charge in [-0.2, -0.15) is 0 Å². The van der Waals surface area contributed by atoms with Crippen LogP contribution in [-0.4, -0.2) is 41.8 Å². The number of alkyl carbamates (subject to hydrolysis) is 1. The third kappa shape index (κ3) is 3.98. The van der Waals surface area contributed by atoms with Gasteiger partial charge in [-0.25, -0.2) is 4.79 Å². The first kappa shape index (κ1) is 19.4. The lowest BCUT2D eigenvalue weighted by molar-refractivity contribution is -0.141. The van der Waals surface area contributed by atoms with Gasteiger partial charge in [-0.05, 0) is 36.1 Å². The Morgan fingerprint density at radius 3 is 2.00 bits per heavy atom. The minimum atomic E-state index is -1.15. The van der Waals surface area contributed by atoms with Gasteiger partial charge in [0.2, 0.25) is 5.91 Å². The van der Waals surface area contributed by atoms with Crippen LogP contribution in [0, 0.1) is 0 Å². The molecular formula is C21H22N2O5. The monoisotopic (exact) mass is 382 g/mol. The van der Waals surface area contributed by atoms with Gasteiger partial charge in [-0.1, -0.05) is 48.5 Å². The minimum Gasteiger partial charge on any atom is -0.480 e. The molecule has 0 aromatic heterocycles. The number of carboxylic acids is 1. The Hall–Kier alpha value is -3.35. The van der Waals surface area contributed by atoms with Crippen LogP contribution in [0.4, 0.5) is 4.79 Å². The van der Waals surface area contributed by atoms with Crippen molar-refractivity contribution in [2.24, 2.45) is 0 Å². The van der Waals surface area contributed by atoms with E-state index < -0.39 is 30.1 Å². The predicted octanol–water partition coefficient (Wildman–Crippen LogP) is 2.50. The number of carbonyl (C=O) groups is 3. The number of ether oxygens (including phenoxy) is 1. The van der Waals surface area contributed by atoms with Gasteiger partial charge in [0.15, 0.2) is 0 Å². The van der Waals surface area contributed by atoms with Gasteiger partial charge in [0, 0.05) is 5.92 Å². The fraction of sp³-hybridized carbons (Fsp3) is 0.286. The summed E-state index contributed by atoms with van der Waals surface area (Å²) in [5, 5.41) is 13.6. The Morgan fingerprint density at radius 1 is 0.929 bits per heavy atom. The van der Waals surface area contributed by atoms with Gasteiger partial charge in [0.1, 0.15) is 18.7 Å². The maximum Gasteiger partial charge on any atom is 0.407 e. The molecule has 2 aromatic carbocycles. The minimum absolute atomic E-state index is 0.0747. The molecule has 7 heteroatoms. The lowest BCUT2D eigenvalue weighted by atomic mass is 9.98. The highest BCUT2D eigenvalue weighted by Gasteiger charge is 2.29. The molecule has 1 aliphatic rings. The van der Waals surface area contributed by atoms with Crippen LogP contribution in [-0.2, 0) is 14.3 Å². The molecule has 0 bridgehead atoms. The van der Waals surface area contributed by atoms with E-state index in [4.69, 9.17) is 9.84 Å². The molecule has 7 nitrogen and oxygen atoms in total. The number of hydrogen-bond donors (Lipinski definition) is 3. The maximum absolute atomic E-state index is 12.1. The van der Waals surface area contributed by atoms with Gasteiger partial charge < -0.3 is 20.5 Å². The summed E-state index contributed by atoms with van der Waals surface area (Å²) in [7, 11) is 0. The zero-order valence-corrected chi connectivity index (χ0v) is 15.6. The predicted molar refractivity (Wildman–Crippen MR) is 103 cm³/mol. The van der Waals surface area contributed by atoms with Crippen molar-refractivity contribution in [3.63, 3.8) is 0 Å². The summed E-state index contributed by atoms with van der Waals surface area (Å²) in [5.41, 5.74) is 4.44. The first-order valence-corrected chi connectivity index (χ1v) is 9.03. The molecule has 0 saturated carbocycles. The van der Waals surface area contributed by atoms with E-state index in [2.05, 4.69) is 10.6 Å². The standard InChI is InChI=1S/C21H22N2O5/c1-12(19(24)22-13(2)20(25)26)23-21(27)28-11-18-16-9-5-3-7-14(16)15-8-4-6-10-17(15)18/h3-10,12-13,18H,11H2,1-2H3,(H,22,24)(H,23,27)(H,25,26).